The lowest BCUT2D eigenvalue weighted by Gasteiger charge is -2.22. The van der Waals surface area contributed by atoms with Crippen molar-refractivity contribution in [2.45, 2.75) is 6.54 Å². The van der Waals surface area contributed by atoms with Gasteiger partial charge in [0, 0.05) is 30.9 Å². The predicted molar refractivity (Wildman–Crippen MR) is 96.2 cm³/mol. The molecule has 7 nitrogen and oxygen atoms in total. The highest BCUT2D eigenvalue weighted by atomic mass is 35.5. The fourth-order valence-electron chi connectivity index (χ4n) is 2.02. The number of carbonyl (C=O) groups is 2. The molecule has 0 saturated heterocycles. The van der Waals surface area contributed by atoms with Crippen LogP contribution in [0.2, 0.25) is 5.02 Å². The molecule has 0 aliphatic carbocycles. The van der Waals surface area contributed by atoms with E-state index in [0.717, 1.165) is 5.01 Å². The third kappa shape index (κ3) is 5.42. The number of hydrogen-bond donors (Lipinski definition) is 1. The summed E-state index contributed by atoms with van der Waals surface area (Å²) in [6, 6.07) is 4.29. The van der Waals surface area contributed by atoms with Crippen molar-refractivity contribution in [2.75, 3.05) is 32.7 Å². The number of halogens is 1. The maximum Gasteiger partial charge on any atom is 0.339 e. The van der Waals surface area contributed by atoms with Crippen molar-refractivity contribution in [3.63, 3.8) is 0 Å². The van der Waals surface area contributed by atoms with Gasteiger partial charge in [-0.25, -0.2) is 14.6 Å². The zero-order valence-electron chi connectivity index (χ0n) is 13.8. The van der Waals surface area contributed by atoms with Gasteiger partial charge in [-0.05, 0) is 18.2 Å². The van der Waals surface area contributed by atoms with Crippen molar-refractivity contribution in [3.8, 4) is 0 Å². The minimum Gasteiger partial charge on any atom is -0.465 e. The van der Waals surface area contributed by atoms with E-state index in [1.165, 1.54) is 30.6 Å². The van der Waals surface area contributed by atoms with Gasteiger partial charge in [-0.2, -0.15) is 0 Å². The Bertz CT molecular complexity index is 724. The summed E-state index contributed by atoms with van der Waals surface area (Å²) in [5.41, 5.74) is 0.627. The molecule has 0 spiro atoms. The molecule has 0 saturated carbocycles. The monoisotopic (exact) mass is 383 g/mol. The number of urea groups is 1. The van der Waals surface area contributed by atoms with E-state index in [1.807, 2.05) is 5.38 Å². The smallest absolute Gasteiger partial charge is 0.339 e. The highest BCUT2D eigenvalue weighted by molar-refractivity contribution is 7.09. The van der Waals surface area contributed by atoms with Crippen LogP contribution in [0.25, 0.3) is 0 Å². The number of amides is 2. The maximum absolute atomic E-state index is 12.6. The van der Waals surface area contributed by atoms with E-state index in [0.29, 0.717) is 25.4 Å². The van der Waals surface area contributed by atoms with Crippen LogP contribution in [0.15, 0.2) is 29.8 Å². The molecule has 0 radical (unpaired) electrons. The highest BCUT2D eigenvalue weighted by Crippen LogP contribution is 2.22. The summed E-state index contributed by atoms with van der Waals surface area (Å²) in [5.74, 6) is -0.569. The molecule has 1 aromatic heterocycles. The molecular weight excluding hydrogens is 366 g/mol. The first kappa shape index (κ1) is 19.2. The topological polar surface area (TPSA) is 80.8 Å². The Balaban J connectivity index is 2.12. The number of hydrogen-bond acceptors (Lipinski definition) is 6. The number of nitrogens with zero attached hydrogens (tertiary/aromatic N) is 2. The van der Waals surface area contributed by atoms with Gasteiger partial charge in [0.25, 0.3) is 0 Å². The molecule has 0 aliphatic heterocycles. The second kappa shape index (κ2) is 9.36. The minimum absolute atomic E-state index is 0.185. The number of aromatic nitrogens is 1. The Morgan fingerprint density at radius 3 is 2.80 bits per heavy atom. The molecule has 134 valence electrons. The van der Waals surface area contributed by atoms with E-state index in [2.05, 4.69) is 15.0 Å². The van der Waals surface area contributed by atoms with Crippen LogP contribution in [0.3, 0.4) is 0 Å². The lowest BCUT2D eigenvalue weighted by molar-refractivity contribution is 0.0601. The van der Waals surface area contributed by atoms with Gasteiger partial charge in [0.05, 0.1) is 30.8 Å². The first-order valence-electron chi connectivity index (χ1n) is 7.36. The predicted octanol–water partition coefficient (Wildman–Crippen LogP) is 3.26. The molecule has 9 heteroatoms. The number of benzene rings is 1. The molecule has 2 rings (SSSR count). The lowest BCUT2D eigenvalue weighted by Crippen LogP contribution is -2.36. The molecule has 0 unspecified atom stereocenters. The van der Waals surface area contributed by atoms with Crippen LogP contribution in [0, 0.1) is 0 Å². The highest BCUT2D eigenvalue weighted by Gasteiger charge is 2.17. The van der Waals surface area contributed by atoms with Gasteiger partial charge in [0.15, 0.2) is 0 Å². The summed E-state index contributed by atoms with van der Waals surface area (Å²) in [5, 5.41) is 5.67. The van der Waals surface area contributed by atoms with E-state index in [4.69, 9.17) is 16.3 Å². The van der Waals surface area contributed by atoms with Crippen LogP contribution in [0.5, 0.6) is 0 Å². The molecule has 1 heterocycles. The molecule has 0 fully saturated rings. The number of anilines is 1. The molecular formula is C16H18ClN3O4S. The van der Waals surface area contributed by atoms with Crippen molar-refractivity contribution >= 4 is 40.6 Å². The second-order valence-corrected chi connectivity index (χ2v) is 6.34. The van der Waals surface area contributed by atoms with Gasteiger partial charge >= 0.3 is 12.0 Å². The summed E-state index contributed by atoms with van der Waals surface area (Å²) in [7, 11) is 2.84. The Morgan fingerprint density at radius 1 is 1.36 bits per heavy atom. The molecule has 1 N–H and O–H groups in total. The summed E-state index contributed by atoms with van der Waals surface area (Å²) < 4.78 is 9.73. The molecule has 1 aromatic carbocycles. The number of ether oxygens (including phenoxy) is 2. The van der Waals surface area contributed by atoms with Crippen molar-refractivity contribution < 1.29 is 19.1 Å². The van der Waals surface area contributed by atoms with Crippen LogP contribution < -0.4 is 5.32 Å². The fourth-order valence-corrected chi connectivity index (χ4v) is 2.85. The molecule has 0 bridgehead atoms. The summed E-state index contributed by atoms with van der Waals surface area (Å²) >= 11 is 7.45. The van der Waals surface area contributed by atoms with Crippen molar-refractivity contribution in [3.05, 3.63) is 45.4 Å². The van der Waals surface area contributed by atoms with Gasteiger partial charge in [-0.3, -0.25) is 0 Å². The Kier molecular flexibility index (Phi) is 7.17. The standard InChI is InChI=1S/C16H18ClN3O4S/c1-23-7-6-20(10-14-18-5-8-25-14)16(22)19-11-3-4-13(17)12(9-11)15(21)24-2/h3-5,8-9H,6-7,10H2,1-2H3,(H,19,22). The van der Waals surface area contributed by atoms with E-state index in [-0.39, 0.29) is 16.6 Å². The largest absolute Gasteiger partial charge is 0.465 e. The number of carbonyl (C=O) groups excluding carboxylic acids is 2. The third-order valence-corrected chi connectivity index (χ3v) is 4.38. The van der Waals surface area contributed by atoms with E-state index < -0.39 is 5.97 Å². The van der Waals surface area contributed by atoms with E-state index >= 15 is 0 Å². The summed E-state index contributed by atoms with van der Waals surface area (Å²) in [4.78, 5) is 30.0. The van der Waals surface area contributed by atoms with Crippen molar-refractivity contribution in [1.29, 1.82) is 0 Å². The van der Waals surface area contributed by atoms with Crippen molar-refractivity contribution in [2.24, 2.45) is 0 Å². The zero-order chi connectivity index (χ0) is 18.2. The molecule has 0 atom stereocenters. The first-order chi connectivity index (χ1) is 12.0. The number of nitrogens with one attached hydrogen (secondary N) is 1. The fraction of sp³-hybridized carbons (Fsp3) is 0.312. The Labute approximate surface area is 154 Å². The third-order valence-electron chi connectivity index (χ3n) is 3.29. The van der Waals surface area contributed by atoms with E-state index in [1.54, 1.807) is 24.3 Å². The van der Waals surface area contributed by atoms with Crippen LogP contribution in [-0.2, 0) is 16.0 Å². The maximum atomic E-state index is 12.6. The number of thiazole rings is 1. The van der Waals surface area contributed by atoms with Crippen molar-refractivity contribution in [1.82, 2.24) is 9.88 Å². The molecule has 2 aromatic rings. The lowest BCUT2D eigenvalue weighted by atomic mass is 10.2. The van der Waals surface area contributed by atoms with Crippen LogP contribution in [-0.4, -0.2) is 49.3 Å². The van der Waals surface area contributed by atoms with Gasteiger partial charge < -0.3 is 19.7 Å². The first-order valence-corrected chi connectivity index (χ1v) is 8.62. The normalized spacial score (nSPS) is 10.4. The number of methoxy groups -OCH3 is 2. The molecule has 2 amide bonds. The average molecular weight is 384 g/mol. The van der Waals surface area contributed by atoms with Crippen LogP contribution in [0.1, 0.15) is 15.4 Å². The van der Waals surface area contributed by atoms with Gasteiger partial charge in [-0.1, -0.05) is 11.6 Å². The zero-order valence-corrected chi connectivity index (χ0v) is 15.4. The van der Waals surface area contributed by atoms with Gasteiger partial charge in [0.1, 0.15) is 5.01 Å². The van der Waals surface area contributed by atoms with Crippen LogP contribution >= 0.6 is 22.9 Å². The molecule has 0 aliphatic rings. The van der Waals surface area contributed by atoms with Gasteiger partial charge in [-0.15, -0.1) is 11.3 Å². The SMILES string of the molecule is COCCN(Cc1nccs1)C(=O)Nc1ccc(Cl)c(C(=O)OC)c1. The quantitative estimate of drug-likeness (QED) is 0.742. The van der Waals surface area contributed by atoms with E-state index in [9.17, 15) is 9.59 Å². The molecule has 25 heavy (non-hydrogen) atoms. The summed E-state index contributed by atoms with van der Waals surface area (Å²) in [6.45, 7) is 1.16. The average Bonchev–Trinajstić information content (AvgIpc) is 3.12. The second-order valence-electron chi connectivity index (χ2n) is 4.96. The summed E-state index contributed by atoms with van der Waals surface area (Å²) in [6.07, 6.45) is 1.69. The number of esters is 1. The minimum atomic E-state index is -0.569. The van der Waals surface area contributed by atoms with Crippen LogP contribution in [0.4, 0.5) is 10.5 Å². The van der Waals surface area contributed by atoms with Gasteiger partial charge in [0.2, 0.25) is 0 Å². The Hall–Kier alpha value is -2.16. The Morgan fingerprint density at radius 2 is 2.16 bits per heavy atom. The number of rotatable bonds is 7.